The molecule has 3 fully saturated rings. The number of hydrogen-bond donors (Lipinski definition) is 1. The SMILES string of the molecule is CC1CC2C(C)C3CCC(Br)NC3CC2C1C(C)(C)C1=CC=CC1. The second-order valence-corrected chi connectivity index (χ2v) is 10.8. The summed E-state index contributed by atoms with van der Waals surface area (Å²) in [6.45, 7) is 10.2. The first-order valence-corrected chi connectivity index (χ1v) is 11.1. The molecule has 0 aromatic heterocycles. The molecule has 24 heavy (non-hydrogen) atoms. The summed E-state index contributed by atoms with van der Waals surface area (Å²) in [6.07, 6.45) is 13.8. The fourth-order valence-corrected chi connectivity index (χ4v) is 7.82. The van der Waals surface area contributed by atoms with Crippen LogP contribution in [0, 0.1) is 40.9 Å². The summed E-state index contributed by atoms with van der Waals surface area (Å²) >= 11 is 3.83. The van der Waals surface area contributed by atoms with E-state index in [4.69, 9.17) is 0 Å². The van der Waals surface area contributed by atoms with Crippen molar-refractivity contribution in [2.24, 2.45) is 40.9 Å². The van der Waals surface area contributed by atoms with Gasteiger partial charge in [-0.15, -0.1) is 0 Å². The molecule has 2 saturated carbocycles. The number of piperidine rings is 1. The number of hydrogen-bond acceptors (Lipinski definition) is 1. The van der Waals surface area contributed by atoms with Crippen LogP contribution >= 0.6 is 15.9 Å². The first kappa shape index (κ1) is 17.3. The predicted octanol–water partition coefficient (Wildman–Crippen LogP) is 5.92. The summed E-state index contributed by atoms with van der Waals surface area (Å²) in [7, 11) is 0. The summed E-state index contributed by atoms with van der Waals surface area (Å²) in [4.78, 5) is 0.537. The van der Waals surface area contributed by atoms with Gasteiger partial charge >= 0.3 is 0 Å². The van der Waals surface area contributed by atoms with Crippen LogP contribution < -0.4 is 5.32 Å². The van der Waals surface area contributed by atoms with Gasteiger partial charge in [-0.25, -0.2) is 0 Å². The van der Waals surface area contributed by atoms with E-state index in [1.165, 1.54) is 32.1 Å². The largest absolute Gasteiger partial charge is 0.302 e. The molecule has 1 aliphatic heterocycles. The Bertz CT molecular complexity index is 546. The van der Waals surface area contributed by atoms with Crippen molar-refractivity contribution in [1.82, 2.24) is 5.32 Å². The molecular weight excluding hydrogens is 358 g/mol. The highest BCUT2D eigenvalue weighted by Gasteiger charge is 2.55. The zero-order valence-electron chi connectivity index (χ0n) is 15.8. The average molecular weight is 392 g/mol. The van der Waals surface area contributed by atoms with Crippen molar-refractivity contribution in [1.29, 1.82) is 0 Å². The Morgan fingerprint density at radius 2 is 1.88 bits per heavy atom. The minimum atomic E-state index is 0.345. The molecule has 2 heteroatoms. The van der Waals surface area contributed by atoms with Gasteiger partial charge in [0, 0.05) is 6.04 Å². The van der Waals surface area contributed by atoms with E-state index < -0.39 is 0 Å². The highest BCUT2D eigenvalue weighted by Crippen LogP contribution is 2.60. The van der Waals surface area contributed by atoms with Crippen LogP contribution in [0.4, 0.5) is 0 Å². The van der Waals surface area contributed by atoms with Crippen molar-refractivity contribution < 1.29 is 0 Å². The minimum absolute atomic E-state index is 0.345. The van der Waals surface area contributed by atoms with Crippen molar-refractivity contribution in [3.8, 4) is 0 Å². The quantitative estimate of drug-likeness (QED) is 0.455. The average Bonchev–Trinajstić information content (AvgIpc) is 3.15. The molecule has 1 heterocycles. The topological polar surface area (TPSA) is 12.0 Å². The minimum Gasteiger partial charge on any atom is -0.302 e. The van der Waals surface area contributed by atoms with E-state index in [1.54, 1.807) is 5.57 Å². The summed E-state index contributed by atoms with van der Waals surface area (Å²) in [5.74, 6) is 5.35. The highest BCUT2D eigenvalue weighted by atomic mass is 79.9. The van der Waals surface area contributed by atoms with Gasteiger partial charge in [-0.1, -0.05) is 67.4 Å². The number of allylic oxidation sites excluding steroid dienone is 4. The maximum absolute atomic E-state index is 3.91. The van der Waals surface area contributed by atoms with Crippen LogP contribution in [0.5, 0.6) is 0 Å². The molecule has 134 valence electrons. The van der Waals surface area contributed by atoms with Crippen LogP contribution in [0.2, 0.25) is 0 Å². The Morgan fingerprint density at radius 3 is 2.58 bits per heavy atom. The van der Waals surface area contributed by atoms with Gasteiger partial charge in [-0.2, -0.15) is 0 Å². The Balaban J connectivity index is 1.61. The van der Waals surface area contributed by atoms with Crippen molar-refractivity contribution in [3.63, 3.8) is 0 Å². The van der Waals surface area contributed by atoms with Crippen LogP contribution in [0.15, 0.2) is 23.8 Å². The normalized spacial score (nSPS) is 48.1. The van der Waals surface area contributed by atoms with Crippen LogP contribution in [0.3, 0.4) is 0 Å². The second-order valence-electron chi connectivity index (χ2n) is 9.69. The van der Waals surface area contributed by atoms with Gasteiger partial charge in [0.25, 0.3) is 0 Å². The molecule has 4 rings (SSSR count). The van der Waals surface area contributed by atoms with E-state index in [1.807, 2.05) is 0 Å². The van der Waals surface area contributed by atoms with Gasteiger partial charge in [-0.05, 0) is 73.0 Å². The zero-order valence-corrected chi connectivity index (χ0v) is 17.4. The Labute approximate surface area is 156 Å². The number of nitrogens with one attached hydrogen (secondary N) is 1. The van der Waals surface area contributed by atoms with E-state index in [0.29, 0.717) is 10.4 Å². The fraction of sp³-hybridized carbons (Fsp3) is 0.818. The van der Waals surface area contributed by atoms with Gasteiger partial charge in [0.1, 0.15) is 0 Å². The van der Waals surface area contributed by atoms with Crippen molar-refractivity contribution in [3.05, 3.63) is 23.8 Å². The van der Waals surface area contributed by atoms with Gasteiger partial charge < -0.3 is 5.32 Å². The van der Waals surface area contributed by atoms with Crippen molar-refractivity contribution in [2.75, 3.05) is 0 Å². The highest BCUT2D eigenvalue weighted by molar-refractivity contribution is 9.09. The summed E-state index contributed by atoms with van der Waals surface area (Å²) in [6, 6.07) is 0.735. The predicted molar refractivity (Wildman–Crippen MR) is 106 cm³/mol. The lowest BCUT2D eigenvalue weighted by Crippen LogP contribution is -2.54. The van der Waals surface area contributed by atoms with E-state index >= 15 is 0 Å². The van der Waals surface area contributed by atoms with Crippen LogP contribution in [-0.2, 0) is 0 Å². The zero-order chi connectivity index (χ0) is 17.1. The van der Waals surface area contributed by atoms with E-state index in [-0.39, 0.29) is 0 Å². The Morgan fingerprint density at radius 1 is 1.08 bits per heavy atom. The molecule has 0 radical (unpaired) electrons. The lowest BCUT2D eigenvalue weighted by atomic mass is 9.58. The maximum atomic E-state index is 3.91. The Kier molecular flexibility index (Phi) is 4.53. The standard InChI is InChI=1S/C22H34BrN/c1-13-11-17-14(2)16-9-10-20(23)24-19(16)12-18(17)21(13)22(3,4)15-7-5-6-8-15/h5-7,13-14,16-21,24H,8-12H2,1-4H3. The van der Waals surface area contributed by atoms with Gasteiger partial charge in [0.15, 0.2) is 0 Å². The lowest BCUT2D eigenvalue weighted by Gasteiger charge is -2.51. The monoisotopic (exact) mass is 391 g/mol. The summed E-state index contributed by atoms with van der Waals surface area (Å²) in [5.41, 5.74) is 2.02. The summed E-state index contributed by atoms with van der Waals surface area (Å²) < 4.78 is 0. The maximum Gasteiger partial charge on any atom is 0.0632 e. The van der Waals surface area contributed by atoms with Crippen molar-refractivity contribution >= 4 is 15.9 Å². The number of halogens is 1. The number of alkyl halides is 1. The third-order valence-corrected chi connectivity index (χ3v) is 8.96. The Hall–Kier alpha value is -0.0800. The molecule has 8 unspecified atom stereocenters. The van der Waals surface area contributed by atoms with E-state index in [0.717, 1.165) is 41.5 Å². The van der Waals surface area contributed by atoms with Gasteiger partial charge in [-0.3, -0.25) is 0 Å². The lowest BCUT2D eigenvalue weighted by molar-refractivity contribution is 0.0251. The first-order chi connectivity index (χ1) is 11.4. The molecule has 0 aromatic carbocycles. The molecule has 0 amide bonds. The van der Waals surface area contributed by atoms with Crippen LogP contribution in [0.1, 0.15) is 59.8 Å². The summed E-state index contributed by atoms with van der Waals surface area (Å²) in [5, 5.41) is 3.91. The molecule has 0 aromatic rings. The number of fused-ring (bicyclic) bond motifs is 2. The van der Waals surface area contributed by atoms with E-state index in [2.05, 4.69) is 67.2 Å². The molecule has 1 N–H and O–H groups in total. The van der Waals surface area contributed by atoms with Crippen LogP contribution in [-0.4, -0.2) is 11.0 Å². The molecule has 3 aliphatic carbocycles. The van der Waals surface area contributed by atoms with Crippen LogP contribution in [0.25, 0.3) is 0 Å². The molecule has 1 nitrogen and oxygen atoms in total. The molecule has 1 saturated heterocycles. The number of rotatable bonds is 2. The smallest absolute Gasteiger partial charge is 0.0632 e. The molecule has 8 atom stereocenters. The molecule has 0 spiro atoms. The van der Waals surface area contributed by atoms with E-state index in [9.17, 15) is 0 Å². The third-order valence-electron chi connectivity index (χ3n) is 8.24. The van der Waals surface area contributed by atoms with Crippen molar-refractivity contribution in [2.45, 2.75) is 70.8 Å². The molecular formula is C22H34BrN. The van der Waals surface area contributed by atoms with Gasteiger partial charge in [0.05, 0.1) is 4.95 Å². The fourth-order valence-electron chi connectivity index (χ4n) is 7.21. The van der Waals surface area contributed by atoms with Gasteiger partial charge in [0.2, 0.25) is 0 Å². The second kappa shape index (κ2) is 6.27. The molecule has 4 aliphatic rings. The third kappa shape index (κ3) is 2.67. The first-order valence-electron chi connectivity index (χ1n) is 10.2. The molecule has 0 bridgehead atoms.